The molecular formula is C82H105ClF2N10O21S6. The molecule has 666 valence electrons. The van der Waals surface area contributed by atoms with Gasteiger partial charge in [0.05, 0.1) is 36.0 Å². The van der Waals surface area contributed by atoms with Gasteiger partial charge in [0.15, 0.2) is 0 Å². The van der Waals surface area contributed by atoms with Crippen LogP contribution >= 0.6 is 44.7 Å². The van der Waals surface area contributed by atoms with Crippen molar-refractivity contribution in [3.63, 3.8) is 0 Å². The standard InChI is InChI=1S/C38H48FN5O9S2.C32H41FN4O8.C6H7ClO2S2.C6H9NO2S2/c1-22-16-31(23(2)54-22)55(50,51)42-34(47)38-18-25(38)13-9-7-6-8-10-15-29(40-35(48)53-37(3,4)5)33(46)44-20-26(17-30(44)32(45)41-38)52-36(49)43-19-24-12-11-14-28(39)27(24)21-43;1-31(2,3)45-29(42)34-24-13-8-6-4-5-7-11-20-15-32(20,28(40)41)35-26(38)25-14-21(17-37(25)27(24)39)44-30(43)36-16-19-10-9-12-23(33)22(19)18-36;2*1-4-3-6(5(2)10-4)11(7,8)9/h9,11-14,16,25-26,29-30H,6-8,10,15,17-21H2,1-5H3,(H,40,48)(H,41,45)(H,42,47);7,9-12,20-21,24-25H,4-6,8,13-18H2,1-3H3,(H,34,42)(H,35,38)(H,40,41);3H,1-2H3;3H,1-2H3,(H2,7,8,9)/b13-9-;11-7-;;/t25-,26-,29+,30+,38-;20-,21-,24+,25+,32-;;/m11../s1. The second-order valence-corrected chi connectivity index (χ2v) is 43.7. The predicted octanol–water partition coefficient (Wildman–Crippen LogP) is 11.6. The zero-order chi connectivity index (χ0) is 89.7. The molecule has 0 unspecified atom stereocenters. The van der Waals surface area contributed by atoms with Gasteiger partial charge >= 0.3 is 30.3 Å². The van der Waals surface area contributed by atoms with Gasteiger partial charge in [0.2, 0.25) is 33.7 Å². The van der Waals surface area contributed by atoms with E-state index in [1.54, 1.807) is 112 Å². The zero-order valence-corrected chi connectivity index (χ0v) is 75.5. The van der Waals surface area contributed by atoms with Crippen molar-refractivity contribution in [2.24, 2.45) is 17.0 Å². The first-order valence-electron chi connectivity index (χ1n) is 40.0. The second kappa shape index (κ2) is 38.6. The summed E-state index contributed by atoms with van der Waals surface area (Å²) in [6.45, 7) is 20.7. The van der Waals surface area contributed by atoms with Gasteiger partial charge in [0, 0.05) is 88.8 Å². The quantitative estimate of drug-likeness (QED) is 0.0388. The first-order valence-corrected chi connectivity index (χ1v) is 47.7. The fraction of sp³-hybridized carbons (Fsp3) is 0.537. The van der Waals surface area contributed by atoms with Crippen LogP contribution in [0.25, 0.3) is 0 Å². The Morgan fingerprint density at radius 2 is 0.959 bits per heavy atom. The van der Waals surface area contributed by atoms with Crippen LogP contribution in [0, 0.1) is 65.0 Å². The van der Waals surface area contributed by atoms with Crippen molar-refractivity contribution in [1.82, 2.24) is 45.6 Å². The first-order chi connectivity index (χ1) is 57.0. The van der Waals surface area contributed by atoms with Crippen molar-refractivity contribution in [3.05, 3.63) is 142 Å². The Labute approximate surface area is 725 Å². The zero-order valence-electron chi connectivity index (χ0n) is 69.8. The molecule has 0 spiro atoms. The average molecular weight is 1830 g/mol. The van der Waals surface area contributed by atoms with Crippen LogP contribution in [0.2, 0.25) is 0 Å². The Morgan fingerprint density at radius 1 is 0.566 bits per heavy atom. The molecule has 122 heavy (non-hydrogen) atoms. The highest BCUT2D eigenvalue weighted by atomic mass is 35.7. The van der Waals surface area contributed by atoms with Gasteiger partial charge in [-0.15, -0.1) is 34.0 Å². The molecular weight excluding hydrogens is 1730 g/mol. The van der Waals surface area contributed by atoms with Crippen LogP contribution in [-0.2, 0) is 103 Å². The highest BCUT2D eigenvalue weighted by molar-refractivity contribution is 8.13. The van der Waals surface area contributed by atoms with Crippen molar-refractivity contribution in [1.29, 1.82) is 0 Å². The predicted molar refractivity (Wildman–Crippen MR) is 450 cm³/mol. The van der Waals surface area contributed by atoms with E-state index in [1.165, 1.54) is 71.8 Å². The summed E-state index contributed by atoms with van der Waals surface area (Å²) in [6.07, 6.45) is 8.66. The number of fused-ring (bicyclic) bond motifs is 6. The fourth-order valence-electron chi connectivity index (χ4n) is 15.5. The van der Waals surface area contributed by atoms with Gasteiger partial charge in [-0.25, -0.2) is 67.9 Å². The smallest absolute Gasteiger partial charge is 0.410 e. The van der Waals surface area contributed by atoms with E-state index in [9.17, 15) is 87.1 Å². The molecule has 0 bridgehead atoms. The van der Waals surface area contributed by atoms with Gasteiger partial charge in [0.25, 0.3) is 25.0 Å². The SMILES string of the molecule is CC(C)(C)OC(=O)N[C@H]1CCCCC/C=C\[C@@H]2C[C@@]2(C(=O)O)NC(=O)[C@@H]2C[C@@H](OC(=O)N3Cc4cccc(F)c4C3)CN2C1=O.Cc1cc(S(=O)(=O)Cl)c(C)s1.Cc1cc(S(=O)(=O)NC(=O)[C@@]23C[C@H]2/C=C\CCCCC[C@H](NC(=O)OC(C)(C)C)C(=O)N2C[C@H](OC(=O)N4Cc5cccc(F)c5C4)C[C@H]2C(=O)N3)c(C)s1.Cc1cc(S(N)(=O)=O)c(C)s1. The maximum atomic E-state index is 14.5. The Balaban J connectivity index is 0.000000206. The van der Waals surface area contributed by atoms with Crippen molar-refractivity contribution in [3.8, 4) is 0 Å². The Kier molecular flexibility index (Phi) is 30.1. The molecule has 2 aliphatic carbocycles. The van der Waals surface area contributed by atoms with Crippen molar-refractivity contribution >= 4 is 134 Å². The number of carboxylic acids is 1. The molecule has 40 heteroatoms. The summed E-state index contributed by atoms with van der Waals surface area (Å²) in [5.41, 5.74) is -2.68. The van der Waals surface area contributed by atoms with Crippen molar-refractivity contribution in [2.45, 2.75) is 272 Å². The molecule has 2 aromatic carbocycles. The molecule has 9 amide bonds. The fourth-order valence-corrected chi connectivity index (χ4v) is 22.9. The third-order valence-corrected chi connectivity index (χ3v) is 28.9. The number of alkyl carbamates (subject to hydrolysis) is 2. The number of allylic oxidation sites excluding steroid dienone is 2. The minimum absolute atomic E-state index is 0.0120. The van der Waals surface area contributed by atoms with E-state index in [0.717, 1.165) is 50.1 Å². The number of aryl methyl sites for hydroxylation is 6. The van der Waals surface area contributed by atoms with Gasteiger partial charge < -0.3 is 55.1 Å². The Bertz CT molecular complexity index is 5200. The van der Waals surface area contributed by atoms with Gasteiger partial charge in [-0.3, -0.25) is 33.8 Å². The van der Waals surface area contributed by atoms with Gasteiger partial charge in [-0.2, -0.15) is 0 Å². The molecule has 2 saturated heterocycles. The van der Waals surface area contributed by atoms with Crippen molar-refractivity contribution in [2.75, 3.05) is 13.1 Å². The monoisotopic (exact) mass is 1830 g/mol. The number of carboxylic acid groups (broad SMARTS) is 1. The summed E-state index contributed by atoms with van der Waals surface area (Å²) >= 11 is 4.15. The summed E-state index contributed by atoms with van der Waals surface area (Å²) in [4.78, 5) is 145. The first kappa shape index (κ1) is 95.1. The number of halogens is 3. The number of carbonyl (C=O) groups is 10. The van der Waals surface area contributed by atoms with Gasteiger partial charge in [-0.05, 0) is 176 Å². The molecule has 5 aromatic rings. The van der Waals surface area contributed by atoms with E-state index < -0.39 is 165 Å². The number of amides is 9. The van der Waals surface area contributed by atoms with Crippen LogP contribution in [0.15, 0.2) is 93.6 Å². The minimum atomic E-state index is -4.29. The number of hydrogen-bond acceptors (Lipinski definition) is 23. The van der Waals surface area contributed by atoms with Crippen molar-refractivity contribution < 1.29 is 106 Å². The summed E-state index contributed by atoms with van der Waals surface area (Å²) in [5.74, 6) is -6.44. The van der Waals surface area contributed by atoms with Gasteiger partial charge in [0.1, 0.15) is 75.2 Å². The average Bonchev–Trinajstić information content (AvgIpc) is 1.46. The normalized spacial score (nSPS) is 24.8. The minimum Gasteiger partial charge on any atom is -0.479 e. The molecule has 4 fully saturated rings. The number of rotatable bonds is 10. The number of sulfonamides is 2. The number of carbonyl (C=O) groups excluding carboxylic acids is 9. The lowest BCUT2D eigenvalue weighted by Gasteiger charge is -2.30. The number of thiophene rings is 3. The summed E-state index contributed by atoms with van der Waals surface area (Å²) in [7, 11) is -6.17. The molecule has 8 aliphatic rings. The number of ether oxygens (including phenoxy) is 4. The molecule has 9 heterocycles. The third-order valence-electron chi connectivity index (χ3n) is 21.6. The van der Waals surface area contributed by atoms with Gasteiger partial charge in [-0.1, -0.05) is 74.3 Å². The number of hydrogen-bond donors (Lipinski definition) is 7. The number of nitrogens with zero attached hydrogens (tertiary/aromatic N) is 4. The van der Waals surface area contributed by atoms with Crippen LogP contribution in [-0.4, -0.2) is 182 Å². The largest absolute Gasteiger partial charge is 0.479 e. The van der Waals surface area contributed by atoms with E-state index in [4.69, 9.17) is 34.8 Å². The topological polar surface area (TPSA) is 429 Å². The van der Waals surface area contributed by atoms with Crippen LogP contribution < -0.4 is 31.1 Å². The van der Waals surface area contributed by atoms with E-state index in [1.807, 2.05) is 32.1 Å². The second-order valence-electron chi connectivity index (χ2n) is 33.6. The lowest BCUT2D eigenvalue weighted by Crippen LogP contribution is -2.58. The third kappa shape index (κ3) is 24.1. The highest BCUT2D eigenvalue weighted by Crippen LogP contribution is 2.48. The maximum Gasteiger partial charge on any atom is 0.410 e. The molecule has 13 rings (SSSR count). The van der Waals surface area contributed by atoms with Crippen LogP contribution in [0.5, 0.6) is 0 Å². The number of aliphatic carboxylic acids is 1. The summed E-state index contributed by atoms with van der Waals surface area (Å²) in [5, 5.41) is 25.8. The van der Waals surface area contributed by atoms with E-state index >= 15 is 0 Å². The highest BCUT2D eigenvalue weighted by Gasteiger charge is 2.63. The molecule has 8 N–H and O–H groups in total. The lowest BCUT2D eigenvalue weighted by molar-refractivity contribution is -0.145. The summed E-state index contributed by atoms with van der Waals surface area (Å²) < 4.78 is 124. The number of nitrogens with one attached hydrogen (secondary N) is 5. The Morgan fingerprint density at radius 3 is 1.32 bits per heavy atom. The lowest BCUT2D eigenvalue weighted by atomic mass is 10.0. The van der Waals surface area contributed by atoms with Crippen LogP contribution in [0.4, 0.5) is 28.0 Å². The number of benzene rings is 2. The van der Waals surface area contributed by atoms with Crippen LogP contribution in [0.3, 0.4) is 0 Å². The molecule has 10 atom stereocenters. The molecule has 2 saturated carbocycles. The summed E-state index contributed by atoms with van der Waals surface area (Å²) in [6, 6.07) is 9.35. The molecule has 31 nitrogen and oxygen atoms in total. The van der Waals surface area contributed by atoms with Crippen LogP contribution in [0.1, 0.15) is 183 Å². The molecule has 0 radical (unpaired) electrons. The molecule has 6 aliphatic heterocycles. The van der Waals surface area contributed by atoms with E-state index in [2.05, 4.69) is 26.0 Å². The van der Waals surface area contributed by atoms with E-state index in [-0.39, 0.29) is 98.4 Å². The van der Waals surface area contributed by atoms with E-state index in [0.29, 0.717) is 52.8 Å². The molecule has 3 aromatic heterocycles. The Hall–Kier alpha value is -9.12. The maximum absolute atomic E-state index is 14.5. The number of nitrogens with two attached hydrogens (primary N) is 1. The number of primary sulfonamides is 1.